The van der Waals surface area contributed by atoms with Crippen molar-refractivity contribution in [2.24, 2.45) is 17.3 Å². The van der Waals surface area contributed by atoms with Crippen molar-refractivity contribution < 1.29 is 36.0 Å². The highest BCUT2D eigenvalue weighted by Crippen LogP contribution is 2.64. The summed E-state index contributed by atoms with van der Waals surface area (Å²) in [6.45, 7) is 3.47. The summed E-state index contributed by atoms with van der Waals surface area (Å²) in [5.41, 5.74) is 0.796. The molecule has 3 aromatic carbocycles. The third kappa shape index (κ3) is 5.48. The Morgan fingerprint density at radius 2 is 1.75 bits per heavy atom. The molecule has 2 N–H and O–H groups in total. The lowest BCUT2D eigenvalue weighted by Crippen LogP contribution is -2.49. The number of rotatable bonds is 6. The predicted octanol–water partition coefficient (Wildman–Crippen LogP) is 7.93. The van der Waals surface area contributed by atoms with E-state index >= 15 is 0 Å². The smallest absolute Gasteiger partial charge is 0.416 e. The summed E-state index contributed by atoms with van der Waals surface area (Å²) in [6.07, 6.45) is 2.89. The summed E-state index contributed by atoms with van der Waals surface area (Å²) in [4.78, 5) is -0.0318. The van der Waals surface area contributed by atoms with Crippen LogP contribution in [0.3, 0.4) is 0 Å². The van der Waals surface area contributed by atoms with Crippen LogP contribution < -0.4 is 0 Å². The number of fused-ring (bicyclic) bond motifs is 5. The van der Waals surface area contributed by atoms with Crippen LogP contribution in [0.2, 0.25) is 0 Å². The van der Waals surface area contributed by atoms with Gasteiger partial charge in [-0.3, -0.25) is 4.18 Å². The van der Waals surface area contributed by atoms with Gasteiger partial charge in [-0.15, -0.1) is 0 Å². The highest BCUT2D eigenvalue weighted by Gasteiger charge is 2.60. The van der Waals surface area contributed by atoms with Crippen LogP contribution in [-0.4, -0.2) is 24.2 Å². The van der Waals surface area contributed by atoms with Gasteiger partial charge >= 0.3 is 6.18 Å². The SMILES string of the molecule is Cc1ccc(S(=O)(=O)OCc2ccc(C(F)(F)F)c(C=C[C@]3(O)CCC4C5CCc6cc(O)ccc6C5CC[C@@]43C)c2)cc1. The minimum absolute atomic E-state index is 0.0318. The molecule has 5 nitrogen and oxygen atoms in total. The van der Waals surface area contributed by atoms with Gasteiger partial charge in [-0.1, -0.05) is 48.9 Å². The molecule has 234 valence electrons. The maximum Gasteiger partial charge on any atom is 0.416 e. The van der Waals surface area contributed by atoms with Crippen LogP contribution >= 0.6 is 0 Å². The van der Waals surface area contributed by atoms with Gasteiger partial charge < -0.3 is 10.2 Å². The first-order valence-electron chi connectivity index (χ1n) is 15.1. The Morgan fingerprint density at radius 1 is 1.00 bits per heavy atom. The summed E-state index contributed by atoms with van der Waals surface area (Å²) in [5, 5.41) is 22.0. The zero-order chi connectivity index (χ0) is 31.5. The molecule has 3 aliphatic carbocycles. The Kier molecular flexibility index (Phi) is 7.74. The standard InChI is InChI=1S/C35H37F3O5S/c1-22-3-8-27(9-4-22)44(41,42)43-21-23-5-12-31(35(36,37)38)25(19-23)13-17-34(40)18-15-32-30-10-6-24-20-26(39)7-11-28(24)29(30)14-16-33(32,34)2/h3-5,7-9,11-13,17,19-20,29-30,32,39-40H,6,10,14-16,18,21H2,1-2H3/t29?,30?,32?,33-,34-/m0/s1. The highest BCUT2D eigenvalue weighted by atomic mass is 32.2. The summed E-state index contributed by atoms with van der Waals surface area (Å²) >= 11 is 0. The molecule has 2 saturated carbocycles. The minimum Gasteiger partial charge on any atom is -0.508 e. The first-order chi connectivity index (χ1) is 20.7. The van der Waals surface area contributed by atoms with Gasteiger partial charge in [-0.25, -0.2) is 0 Å². The van der Waals surface area contributed by atoms with Crippen molar-refractivity contribution in [3.05, 3.63) is 100 Å². The second-order valence-corrected chi connectivity index (χ2v) is 14.6. The Hall–Kier alpha value is -3.14. The number of phenols is 1. The largest absolute Gasteiger partial charge is 0.508 e. The molecule has 3 aromatic rings. The molecule has 0 spiro atoms. The third-order valence-corrected chi connectivity index (χ3v) is 11.9. The molecule has 0 aliphatic heterocycles. The quantitative estimate of drug-likeness (QED) is 0.272. The molecule has 3 aliphatic rings. The van der Waals surface area contributed by atoms with E-state index in [1.165, 1.54) is 41.5 Å². The molecule has 6 rings (SSSR count). The maximum atomic E-state index is 14.0. The molecule has 0 heterocycles. The van der Waals surface area contributed by atoms with Crippen LogP contribution in [-0.2, 0) is 33.5 Å². The molecule has 2 fully saturated rings. The lowest BCUT2D eigenvalue weighted by atomic mass is 9.53. The van der Waals surface area contributed by atoms with Crippen molar-refractivity contribution in [1.82, 2.24) is 0 Å². The third-order valence-electron chi connectivity index (χ3n) is 10.6. The average Bonchev–Trinajstić information content (AvgIpc) is 3.25. The number of aliphatic hydroxyl groups is 1. The first kappa shape index (κ1) is 30.9. The van der Waals surface area contributed by atoms with Crippen molar-refractivity contribution in [3.63, 3.8) is 0 Å². The van der Waals surface area contributed by atoms with Crippen molar-refractivity contribution in [1.29, 1.82) is 0 Å². The first-order valence-corrected chi connectivity index (χ1v) is 16.5. The van der Waals surface area contributed by atoms with Crippen LogP contribution in [0.1, 0.15) is 78.3 Å². The number of alkyl halides is 3. The van der Waals surface area contributed by atoms with Crippen molar-refractivity contribution in [3.8, 4) is 5.75 Å². The molecule has 3 unspecified atom stereocenters. The van der Waals surface area contributed by atoms with E-state index < -0.39 is 39.5 Å². The topological polar surface area (TPSA) is 83.8 Å². The van der Waals surface area contributed by atoms with Crippen molar-refractivity contribution in [2.45, 2.75) is 81.6 Å². The fourth-order valence-electron chi connectivity index (χ4n) is 8.14. The second kappa shape index (κ2) is 11.0. The molecule has 5 atom stereocenters. The molecule has 0 radical (unpaired) electrons. The Labute approximate surface area is 256 Å². The number of hydrogen-bond donors (Lipinski definition) is 2. The van der Waals surface area contributed by atoms with E-state index in [2.05, 4.69) is 6.92 Å². The number of phenolic OH excluding ortho intramolecular Hbond substituents is 1. The minimum atomic E-state index is -4.64. The van der Waals surface area contributed by atoms with Gasteiger partial charge in [0.15, 0.2) is 0 Å². The lowest BCUT2D eigenvalue weighted by Gasteiger charge is -2.52. The highest BCUT2D eigenvalue weighted by molar-refractivity contribution is 7.86. The normalized spacial score (nSPS) is 28.5. The Balaban J connectivity index is 1.25. The summed E-state index contributed by atoms with van der Waals surface area (Å²) in [7, 11) is -4.11. The number of aromatic hydroxyl groups is 1. The van der Waals surface area contributed by atoms with Gasteiger partial charge in [0.05, 0.1) is 22.7 Å². The molecule has 9 heteroatoms. The van der Waals surface area contributed by atoms with E-state index in [0.29, 0.717) is 18.3 Å². The van der Waals surface area contributed by atoms with Gasteiger partial charge in [-0.05, 0) is 122 Å². The van der Waals surface area contributed by atoms with Crippen molar-refractivity contribution >= 4 is 16.2 Å². The second-order valence-electron chi connectivity index (χ2n) is 13.0. The summed E-state index contributed by atoms with van der Waals surface area (Å²) < 4.78 is 72.6. The molecular weight excluding hydrogens is 589 g/mol. The molecule has 0 amide bonds. The molecule has 0 aromatic heterocycles. The monoisotopic (exact) mass is 626 g/mol. The van der Waals surface area contributed by atoms with E-state index in [0.717, 1.165) is 43.7 Å². The van der Waals surface area contributed by atoms with E-state index in [1.54, 1.807) is 24.3 Å². The van der Waals surface area contributed by atoms with Crippen LogP contribution in [0.25, 0.3) is 6.08 Å². The summed E-state index contributed by atoms with van der Waals surface area (Å²) in [5.74, 6) is 1.18. The predicted molar refractivity (Wildman–Crippen MR) is 161 cm³/mol. The Morgan fingerprint density at radius 3 is 2.48 bits per heavy atom. The van der Waals surface area contributed by atoms with Gasteiger partial charge in [0.1, 0.15) is 5.75 Å². The molecule has 0 saturated heterocycles. The summed E-state index contributed by atoms with van der Waals surface area (Å²) in [6, 6.07) is 15.2. The number of hydrogen-bond acceptors (Lipinski definition) is 5. The van der Waals surface area contributed by atoms with Crippen molar-refractivity contribution in [2.75, 3.05) is 0 Å². The fourth-order valence-corrected chi connectivity index (χ4v) is 9.03. The number of benzene rings is 3. The molecular formula is C35H37F3O5S. The van der Waals surface area contributed by atoms with Gasteiger partial charge in [-0.2, -0.15) is 21.6 Å². The van der Waals surface area contributed by atoms with Gasteiger partial charge in [0.2, 0.25) is 0 Å². The van der Waals surface area contributed by atoms with E-state index in [1.807, 2.05) is 19.1 Å². The number of halogens is 3. The fraction of sp³-hybridized carbons (Fsp3) is 0.429. The van der Waals surface area contributed by atoms with Gasteiger partial charge in [0.25, 0.3) is 10.1 Å². The van der Waals surface area contributed by atoms with Gasteiger partial charge in [0, 0.05) is 5.41 Å². The zero-order valence-electron chi connectivity index (χ0n) is 24.8. The number of aryl methyl sites for hydroxylation is 2. The molecule has 44 heavy (non-hydrogen) atoms. The Bertz CT molecular complexity index is 1700. The lowest BCUT2D eigenvalue weighted by molar-refractivity contribution is -0.137. The van der Waals surface area contributed by atoms with Crippen LogP contribution in [0, 0.1) is 24.2 Å². The average molecular weight is 627 g/mol. The maximum absolute atomic E-state index is 14.0. The van der Waals surface area contributed by atoms with Crippen LogP contribution in [0.4, 0.5) is 13.2 Å². The zero-order valence-corrected chi connectivity index (χ0v) is 25.6. The van der Waals surface area contributed by atoms with E-state index in [4.69, 9.17) is 4.18 Å². The van der Waals surface area contributed by atoms with E-state index in [-0.39, 0.29) is 27.7 Å². The molecule has 0 bridgehead atoms. The van der Waals surface area contributed by atoms with Crippen LogP contribution in [0.15, 0.2) is 71.6 Å². The van der Waals surface area contributed by atoms with E-state index in [9.17, 15) is 31.8 Å². The van der Waals surface area contributed by atoms with Crippen LogP contribution in [0.5, 0.6) is 5.75 Å².